The van der Waals surface area contributed by atoms with E-state index in [2.05, 4.69) is 10.2 Å². The summed E-state index contributed by atoms with van der Waals surface area (Å²) in [6.07, 6.45) is 10.0. The second kappa shape index (κ2) is 8.56. The topological polar surface area (TPSA) is 73.4 Å². The zero-order chi connectivity index (χ0) is 18.4. The molecular formula is C20H24N2O4. The number of benzene rings is 1. The molecule has 1 aliphatic rings. The Morgan fingerprint density at radius 1 is 1.27 bits per heavy atom. The first-order chi connectivity index (χ1) is 12.7. The van der Waals surface area contributed by atoms with Crippen LogP contribution in [0.4, 0.5) is 0 Å². The molecule has 1 aromatic heterocycles. The Morgan fingerprint density at radius 3 is 2.81 bits per heavy atom. The Hall–Kier alpha value is -2.76. The van der Waals surface area contributed by atoms with Crippen molar-refractivity contribution < 1.29 is 19.0 Å². The van der Waals surface area contributed by atoms with E-state index in [1.54, 1.807) is 20.1 Å². The van der Waals surface area contributed by atoms with E-state index >= 15 is 0 Å². The van der Waals surface area contributed by atoms with Gasteiger partial charge in [-0.05, 0) is 56.4 Å². The van der Waals surface area contributed by atoms with Gasteiger partial charge in [0, 0.05) is 0 Å². The second-order valence-corrected chi connectivity index (χ2v) is 6.19. The second-order valence-electron chi connectivity index (χ2n) is 6.19. The number of aromatic nitrogens is 2. The average Bonchev–Trinajstić information content (AvgIpc) is 3.32. The van der Waals surface area contributed by atoms with E-state index in [-0.39, 0.29) is 12.1 Å². The standard InChI is InChI=1S/C20H24N2O4/c1-3-25-20(23)16-13-21-22-17(16)10-8-14-9-11-18(24-2)19(12-14)26-15-6-4-5-7-15/h8-13,15H,3-7H2,1-2H3,(H,21,22)/b10-8+. The minimum Gasteiger partial charge on any atom is -0.493 e. The fraction of sp³-hybridized carbons (Fsp3) is 0.400. The van der Waals surface area contributed by atoms with Crippen LogP contribution in [0.2, 0.25) is 0 Å². The summed E-state index contributed by atoms with van der Waals surface area (Å²) in [7, 11) is 1.64. The summed E-state index contributed by atoms with van der Waals surface area (Å²) in [4.78, 5) is 11.9. The maximum Gasteiger partial charge on any atom is 0.341 e. The van der Waals surface area contributed by atoms with Crippen LogP contribution in [0.5, 0.6) is 11.5 Å². The van der Waals surface area contributed by atoms with Gasteiger partial charge in [0.05, 0.1) is 31.7 Å². The van der Waals surface area contributed by atoms with Crippen molar-refractivity contribution >= 4 is 18.1 Å². The van der Waals surface area contributed by atoms with Crippen LogP contribution in [0.1, 0.15) is 54.2 Å². The zero-order valence-electron chi connectivity index (χ0n) is 15.2. The Kier molecular flexibility index (Phi) is 5.94. The third-order valence-corrected chi connectivity index (χ3v) is 4.39. The van der Waals surface area contributed by atoms with Gasteiger partial charge >= 0.3 is 5.97 Å². The average molecular weight is 356 g/mol. The van der Waals surface area contributed by atoms with E-state index in [0.29, 0.717) is 17.9 Å². The van der Waals surface area contributed by atoms with E-state index in [1.165, 1.54) is 19.0 Å². The maximum absolute atomic E-state index is 11.9. The predicted molar refractivity (Wildman–Crippen MR) is 99.4 cm³/mol. The van der Waals surface area contributed by atoms with Crippen molar-refractivity contribution in [2.75, 3.05) is 13.7 Å². The third-order valence-electron chi connectivity index (χ3n) is 4.39. The molecular weight excluding hydrogens is 332 g/mol. The van der Waals surface area contributed by atoms with Crippen molar-refractivity contribution in [2.45, 2.75) is 38.7 Å². The lowest BCUT2D eigenvalue weighted by Crippen LogP contribution is -2.11. The van der Waals surface area contributed by atoms with Crippen LogP contribution in [0, 0.1) is 0 Å². The van der Waals surface area contributed by atoms with Gasteiger partial charge in [0.2, 0.25) is 0 Å². The summed E-state index contributed by atoms with van der Waals surface area (Å²) < 4.78 is 16.6. The van der Waals surface area contributed by atoms with E-state index in [9.17, 15) is 4.79 Å². The molecule has 0 bridgehead atoms. The number of carbonyl (C=O) groups is 1. The number of hydrogen-bond donors (Lipinski definition) is 1. The molecule has 1 N–H and O–H groups in total. The molecule has 2 aromatic rings. The molecule has 1 fully saturated rings. The monoisotopic (exact) mass is 356 g/mol. The lowest BCUT2D eigenvalue weighted by Gasteiger charge is -2.16. The maximum atomic E-state index is 11.9. The summed E-state index contributed by atoms with van der Waals surface area (Å²) in [5, 5.41) is 6.75. The van der Waals surface area contributed by atoms with E-state index in [4.69, 9.17) is 14.2 Å². The fourth-order valence-electron chi connectivity index (χ4n) is 3.05. The molecule has 1 aliphatic carbocycles. The van der Waals surface area contributed by atoms with Crippen LogP contribution in [0.3, 0.4) is 0 Å². The van der Waals surface area contributed by atoms with Crippen molar-refractivity contribution in [3.8, 4) is 11.5 Å². The quantitative estimate of drug-likeness (QED) is 0.757. The molecule has 1 heterocycles. The van der Waals surface area contributed by atoms with E-state index in [1.807, 2.05) is 24.3 Å². The van der Waals surface area contributed by atoms with E-state index < -0.39 is 0 Å². The molecule has 0 saturated heterocycles. The summed E-state index contributed by atoms with van der Waals surface area (Å²) in [6.45, 7) is 2.10. The molecule has 138 valence electrons. The number of hydrogen-bond acceptors (Lipinski definition) is 5. The molecule has 0 spiro atoms. The molecule has 1 aromatic carbocycles. The van der Waals surface area contributed by atoms with Crippen LogP contribution in [-0.4, -0.2) is 36.0 Å². The van der Waals surface area contributed by atoms with Gasteiger partial charge in [-0.25, -0.2) is 4.79 Å². The van der Waals surface area contributed by atoms with Crippen LogP contribution in [0.15, 0.2) is 24.4 Å². The van der Waals surface area contributed by atoms with Gasteiger partial charge in [-0.2, -0.15) is 5.10 Å². The van der Waals surface area contributed by atoms with Crippen molar-refractivity contribution in [1.82, 2.24) is 10.2 Å². The molecule has 1 saturated carbocycles. The highest BCUT2D eigenvalue weighted by molar-refractivity contribution is 5.93. The van der Waals surface area contributed by atoms with Crippen LogP contribution >= 0.6 is 0 Å². The Bertz CT molecular complexity index is 776. The molecule has 0 radical (unpaired) electrons. The highest BCUT2D eigenvalue weighted by Crippen LogP contribution is 2.33. The van der Waals surface area contributed by atoms with Crippen molar-refractivity contribution in [2.24, 2.45) is 0 Å². The van der Waals surface area contributed by atoms with Crippen LogP contribution in [-0.2, 0) is 4.74 Å². The lowest BCUT2D eigenvalue weighted by molar-refractivity contribution is 0.0526. The zero-order valence-corrected chi connectivity index (χ0v) is 15.2. The summed E-state index contributed by atoms with van der Waals surface area (Å²) in [5.74, 6) is 1.08. The van der Waals surface area contributed by atoms with Gasteiger partial charge in [0.15, 0.2) is 11.5 Å². The molecule has 0 aliphatic heterocycles. The van der Waals surface area contributed by atoms with Crippen molar-refractivity contribution in [3.05, 3.63) is 41.2 Å². The number of nitrogens with one attached hydrogen (secondary N) is 1. The molecule has 0 amide bonds. The third kappa shape index (κ3) is 4.25. The van der Waals surface area contributed by atoms with Gasteiger partial charge in [-0.3, -0.25) is 5.10 Å². The van der Waals surface area contributed by atoms with Gasteiger partial charge in [0.1, 0.15) is 5.56 Å². The number of rotatable bonds is 7. The first kappa shape index (κ1) is 18.0. The molecule has 0 atom stereocenters. The number of aromatic amines is 1. The highest BCUT2D eigenvalue weighted by Gasteiger charge is 2.18. The Balaban J connectivity index is 1.78. The SMILES string of the molecule is CCOC(=O)c1cn[nH]c1/C=C/c1ccc(OC)c(OC2CCCC2)c1. The molecule has 26 heavy (non-hydrogen) atoms. The minimum absolute atomic E-state index is 0.256. The van der Waals surface area contributed by atoms with Gasteiger partial charge in [-0.1, -0.05) is 12.1 Å². The summed E-state index contributed by atoms with van der Waals surface area (Å²) >= 11 is 0. The number of methoxy groups -OCH3 is 1. The molecule has 0 unspecified atom stereocenters. The van der Waals surface area contributed by atoms with Crippen molar-refractivity contribution in [3.63, 3.8) is 0 Å². The van der Waals surface area contributed by atoms with Crippen LogP contribution in [0.25, 0.3) is 12.2 Å². The first-order valence-electron chi connectivity index (χ1n) is 8.94. The lowest BCUT2D eigenvalue weighted by atomic mass is 10.1. The predicted octanol–water partition coefficient (Wildman–Crippen LogP) is 4.09. The molecule has 3 rings (SSSR count). The Labute approximate surface area is 153 Å². The smallest absolute Gasteiger partial charge is 0.341 e. The molecule has 6 nitrogen and oxygen atoms in total. The largest absolute Gasteiger partial charge is 0.493 e. The number of H-pyrrole nitrogens is 1. The van der Waals surface area contributed by atoms with Gasteiger partial charge in [0.25, 0.3) is 0 Å². The number of ether oxygens (including phenoxy) is 3. The number of nitrogens with zero attached hydrogens (tertiary/aromatic N) is 1. The summed E-state index contributed by atoms with van der Waals surface area (Å²) in [6, 6.07) is 5.79. The number of esters is 1. The van der Waals surface area contributed by atoms with Gasteiger partial charge in [-0.15, -0.1) is 0 Å². The van der Waals surface area contributed by atoms with Crippen LogP contribution < -0.4 is 9.47 Å². The molecule has 6 heteroatoms. The normalized spacial score (nSPS) is 14.7. The van der Waals surface area contributed by atoms with E-state index in [0.717, 1.165) is 29.9 Å². The fourth-order valence-corrected chi connectivity index (χ4v) is 3.05. The Morgan fingerprint density at radius 2 is 2.08 bits per heavy atom. The first-order valence-corrected chi connectivity index (χ1v) is 8.94. The minimum atomic E-state index is -0.388. The van der Waals surface area contributed by atoms with Gasteiger partial charge < -0.3 is 14.2 Å². The number of carbonyl (C=O) groups excluding carboxylic acids is 1. The van der Waals surface area contributed by atoms with Crippen molar-refractivity contribution in [1.29, 1.82) is 0 Å². The summed E-state index contributed by atoms with van der Waals surface area (Å²) in [5.41, 5.74) is 1.97. The highest BCUT2D eigenvalue weighted by atomic mass is 16.5.